The van der Waals surface area contributed by atoms with Crippen molar-refractivity contribution in [3.05, 3.63) is 27.7 Å². The molecule has 1 N–H and O–H groups in total. The molecule has 0 heterocycles. The minimum atomic E-state index is 0.0687. The molecule has 4 heteroatoms. The first-order chi connectivity index (χ1) is 7.58. The van der Waals surface area contributed by atoms with Crippen LogP contribution in [0.2, 0.25) is 5.02 Å². The average molecular weight is 305 g/mol. The molecule has 0 radical (unpaired) electrons. The Morgan fingerprint density at radius 3 is 2.56 bits per heavy atom. The zero-order valence-electron chi connectivity index (χ0n) is 9.39. The molecule has 2 nitrogen and oxygen atoms in total. The summed E-state index contributed by atoms with van der Waals surface area (Å²) >= 11 is 9.20. The lowest BCUT2D eigenvalue weighted by atomic mass is 10.0. The summed E-state index contributed by atoms with van der Waals surface area (Å²) in [6.45, 7) is 4.04. The third kappa shape index (κ3) is 3.49. The summed E-state index contributed by atoms with van der Waals surface area (Å²) in [5.41, 5.74) is 0.771. The maximum Gasteiger partial charge on any atom is 0.227 e. The van der Waals surface area contributed by atoms with Crippen molar-refractivity contribution >= 4 is 39.1 Å². The lowest BCUT2D eigenvalue weighted by Gasteiger charge is -2.13. The molecular weight excluding hydrogens is 289 g/mol. The third-order valence-corrected chi connectivity index (χ3v) is 3.76. The van der Waals surface area contributed by atoms with Crippen LogP contribution in [0.1, 0.15) is 26.7 Å². The van der Waals surface area contributed by atoms with E-state index in [4.69, 9.17) is 11.6 Å². The van der Waals surface area contributed by atoms with E-state index in [-0.39, 0.29) is 11.8 Å². The van der Waals surface area contributed by atoms with Crippen molar-refractivity contribution in [1.29, 1.82) is 0 Å². The highest BCUT2D eigenvalue weighted by Gasteiger charge is 2.14. The molecule has 1 rings (SSSR count). The first-order valence-corrected chi connectivity index (χ1v) is 6.51. The second kappa shape index (κ2) is 6.26. The smallest absolute Gasteiger partial charge is 0.227 e. The zero-order chi connectivity index (χ0) is 12.1. The largest absolute Gasteiger partial charge is 0.326 e. The van der Waals surface area contributed by atoms with Crippen LogP contribution < -0.4 is 5.32 Å². The zero-order valence-corrected chi connectivity index (χ0v) is 11.7. The average Bonchev–Trinajstić information content (AvgIpc) is 2.25. The maximum absolute atomic E-state index is 11.8. The molecule has 16 heavy (non-hydrogen) atoms. The molecule has 0 aromatic heterocycles. The SMILES string of the molecule is CCC(CC)C(=O)Nc1ccc(Cl)c(Br)c1. The maximum atomic E-state index is 11.8. The first kappa shape index (κ1) is 13.5. The van der Waals surface area contributed by atoms with E-state index in [1.165, 1.54) is 0 Å². The summed E-state index contributed by atoms with van der Waals surface area (Å²) in [7, 11) is 0. The van der Waals surface area contributed by atoms with Crippen molar-refractivity contribution in [3.8, 4) is 0 Å². The second-order valence-electron chi connectivity index (χ2n) is 3.63. The summed E-state index contributed by atoms with van der Waals surface area (Å²) in [6, 6.07) is 5.37. The lowest BCUT2D eigenvalue weighted by Crippen LogP contribution is -2.21. The standard InChI is InChI=1S/C12H15BrClNO/c1-3-8(4-2)12(16)15-9-5-6-11(14)10(13)7-9/h5-8H,3-4H2,1-2H3,(H,15,16). The Hall–Kier alpha value is -0.540. The van der Waals surface area contributed by atoms with E-state index in [2.05, 4.69) is 21.2 Å². The van der Waals surface area contributed by atoms with Gasteiger partial charge in [-0.1, -0.05) is 25.4 Å². The monoisotopic (exact) mass is 303 g/mol. The van der Waals surface area contributed by atoms with Gasteiger partial charge in [0.15, 0.2) is 0 Å². The highest BCUT2D eigenvalue weighted by atomic mass is 79.9. The molecule has 0 bridgehead atoms. The fourth-order valence-corrected chi connectivity index (χ4v) is 1.97. The molecule has 1 amide bonds. The van der Waals surface area contributed by atoms with Crippen molar-refractivity contribution in [2.45, 2.75) is 26.7 Å². The highest BCUT2D eigenvalue weighted by molar-refractivity contribution is 9.10. The van der Waals surface area contributed by atoms with Crippen LogP contribution in [-0.4, -0.2) is 5.91 Å². The number of nitrogens with one attached hydrogen (secondary N) is 1. The van der Waals surface area contributed by atoms with Gasteiger partial charge in [-0.05, 0) is 47.0 Å². The van der Waals surface area contributed by atoms with Crippen LogP contribution in [0, 0.1) is 5.92 Å². The van der Waals surface area contributed by atoms with E-state index in [1.54, 1.807) is 12.1 Å². The first-order valence-electron chi connectivity index (χ1n) is 5.34. The molecule has 0 fully saturated rings. The second-order valence-corrected chi connectivity index (χ2v) is 4.89. The van der Waals surface area contributed by atoms with Gasteiger partial charge in [-0.15, -0.1) is 0 Å². The Labute approximate surface area is 110 Å². The molecule has 0 spiro atoms. The summed E-state index contributed by atoms with van der Waals surface area (Å²) in [6.07, 6.45) is 1.72. The number of halogens is 2. The van der Waals surface area contributed by atoms with Crippen LogP contribution in [0.5, 0.6) is 0 Å². The Morgan fingerprint density at radius 2 is 2.06 bits per heavy atom. The molecular formula is C12H15BrClNO. The van der Waals surface area contributed by atoms with Crippen molar-refractivity contribution in [2.75, 3.05) is 5.32 Å². The number of benzene rings is 1. The van der Waals surface area contributed by atoms with E-state index in [1.807, 2.05) is 19.9 Å². The predicted octanol–water partition coefficient (Wildman–Crippen LogP) is 4.48. The van der Waals surface area contributed by atoms with Gasteiger partial charge in [0.25, 0.3) is 0 Å². The molecule has 1 aromatic rings. The van der Waals surface area contributed by atoms with Crippen LogP contribution in [0.25, 0.3) is 0 Å². The number of hydrogen-bond acceptors (Lipinski definition) is 1. The van der Waals surface area contributed by atoms with E-state index < -0.39 is 0 Å². The fraction of sp³-hybridized carbons (Fsp3) is 0.417. The van der Waals surface area contributed by atoms with Crippen LogP contribution in [0.3, 0.4) is 0 Å². The van der Waals surface area contributed by atoms with Gasteiger partial charge in [0.1, 0.15) is 0 Å². The highest BCUT2D eigenvalue weighted by Crippen LogP contribution is 2.26. The number of anilines is 1. The Morgan fingerprint density at radius 1 is 1.44 bits per heavy atom. The number of rotatable bonds is 4. The predicted molar refractivity (Wildman–Crippen MR) is 71.9 cm³/mol. The van der Waals surface area contributed by atoms with E-state index in [0.717, 1.165) is 23.0 Å². The topological polar surface area (TPSA) is 29.1 Å². The Balaban J connectivity index is 2.73. The summed E-state index contributed by atoms with van der Waals surface area (Å²) in [5.74, 6) is 0.147. The van der Waals surface area contributed by atoms with Gasteiger partial charge < -0.3 is 5.32 Å². The van der Waals surface area contributed by atoms with Gasteiger partial charge in [0.2, 0.25) is 5.91 Å². The minimum Gasteiger partial charge on any atom is -0.326 e. The molecule has 0 saturated carbocycles. The van der Waals surface area contributed by atoms with Gasteiger partial charge in [0.05, 0.1) is 5.02 Å². The van der Waals surface area contributed by atoms with Gasteiger partial charge in [-0.2, -0.15) is 0 Å². The summed E-state index contributed by atoms with van der Waals surface area (Å²) in [5, 5.41) is 3.52. The van der Waals surface area contributed by atoms with E-state index in [0.29, 0.717) is 5.02 Å². The van der Waals surface area contributed by atoms with E-state index in [9.17, 15) is 4.79 Å². The van der Waals surface area contributed by atoms with Crippen molar-refractivity contribution in [3.63, 3.8) is 0 Å². The molecule has 1 aromatic carbocycles. The quantitative estimate of drug-likeness (QED) is 0.873. The fourth-order valence-electron chi connectivity index (χ4n) is 1.48. The number of amides is 1. The van der Waals surface area contributed by atoms with Crippen LogP contribution in [-0.2, 0) is 4.79 Å². The molecule has 0 unspecified atom stereocenters. The van der Waals surface area contributed by atoms with E-state index >= 15 is 0 Å². The number of hydrogen-bond donors (Lipinski definition) is 1. The third-order valence-electron chi connectivity index (χ3n) is 2.54. The molecule has 0 atom stereocenters. The number of carbonyl (C=O) groups excluding carboxylic acids is 1. The van der Waals surface area contributed by atoms with Crippen molar-refractivity contribution in [1.82, 2.24) is 0 Å². The van der Waals surface area contributed by atoms with Crippen LogP contribution >= 0.6 is 27.5 Å². The van der Waals surface area contributed by atoms with Crippen LogP contribution in [0.15, 0.2) is 22.7 Å². The summed E-state index contributed by atoms with van der Waals surface area (Å²) in [4.78, 5) is 11.8. The molecule has 0 saturated heterocycles. The molecule has 0 aliphatic rings. The minimum absolute atomic E-state index is 0.0687. The van der Waals surface area contributed by atoms with Crippen LogP contribution in [0.4, 0.5) is 5.69 Å². The molecule has 0 aliphatic heterocycles. The Bertz CT molecular complexity index is 377. The van der Waals surface area contributed by atoms with Crippen molar-refractivity contribution < 1.29 is 4.79 Å². The van der Waals surface area contributed by atoms with Gasteiger partial charge in [-0.25, -0.2) is 0 Å². The van der Waals surface area contributed by atoms with Gasteiger partial charge in [-0.3, -0.25) is 4.79 Å². The lowest BCUT2D eigenvalue weighted by molar-refractivity contribution is -0.120. The number of carbonyl (C=O) groups is 1. The summed E-state index contributed by atoms with van der Waals surface area (Å²) < 4.78 is 0.788. The molecule has 0 aliphatic carbocycles. The van der Waals surface area contributed by atoms with Gasteiger partial charge >= 0.3 is 0 Å². The van der Waals surface area contributed by atoms with Crippen molar-refractivity contribution in [2.24, 2.45) is 5.92 Å². The van der Waals surface area contributed by atoms with Gasteiger partial charge in [0, 0.05) is 16.1 Å². The Kier molecular flexibility index (Phi) is 5.29. The normalized spacial score (nSPS) is 10.6. The molecule has 88 valence electrons.